The Bertz CT molecular complexity index is 3090. The van der Waals surface area contributed by atoms with Crippen LogP contribution >= 0.6 is 0 Å². The molecule has 0 N–H and O–H groups in total. The van der Waals surface area contributed by atoms with Crippen molar-refractivity contribution >= 4 is 44.0 Å². The zero-order valence-corrected chi connectivity index (χ0v) is 53.1. The minimum atomic E-state index is -2.92. The zero-order chi connectivity index (χ0) is 54.5. The molecule has 0 nitrogen and oxygen atoms in total. The number of hydrogen-bond donors (Lipinski definition) is 0. The van der Waals surface area contributed by atoms with E-state index in [-0.39, 0.29) is 0 Å². The Morgan fingerprint density at radius 2 is 0.566 bits per heavy atom. The summed E-state index contributed by atoms with van der Waals surface area (Å²) in [5.41, 5.74) is 25.8. The third-order valence-corrected chi connectivity index (χ3v) is 33.2. The standard InChI is InChI=1S/C74H85Ge2/c1-46(2)56-33-23-34-57(47(3)4)69(56)64-41-27-42-65(70-58(48(5)6)35-24-36-59(70)49(7)8)73(64)75-76(68(55-31-21-18-22-32-55)45-54-29-19-17-20-30-54)74-66(71-60(50(9)10)37-25-38-61(71)51(11)12)43-28-44-67(74)72-62(52(13)14)39-26-40-63(72)53(15)16/h17-53H,1-16H3/b68-45+,76-75?. The predicted molar refractivity (Wildman–Crippen MR) is 339 cm³/mol. The third-order valence-electron chi connectivity index (χ3n) is 15.7. The van der Waals surface area contributed by atoms with Crippen LogP contribution < -0.4 is 8.79 Å². The van der Waals surface area contributed by atoms with Crippen LogP contribution in [0, 0.1) is 0 Å². The van der Waals surface area contributed by atoms with E-state index >= 15 is 0 Å². The predicted octanol–water partition coefficient (Wildman–Crippen LogP) is 20.4. The van der Waals surface area contributed by atoms with Gasteiger partial charge in [0.25, 0.3) is 0 Å². The fraction of sp³-hybridized carbons (Fsp3) is 0.324. The summed E-state index contributed by atoms with van der Waals surface area (Å²) in [6.07, 6.45) is 2.65. The van der Waals surface area contributed by atoms with Gasteiger partial charge in [-0.1, -0.05) is 0 Å². The van der Waals surface area contributed by atoms with E-state index in [4.69, 9.17) is 0 Å². The summed E-state index contributed by atoms with van der Waals surface area (Å²) < 4.78 is 4.78. The van der Waals surface area contributed by atoms with E-state index in [1.54, 1.807) is 13.2 Å². The molecule has 0 aliphatic rings. The Morgan fingerprint density at radius 1 is 0.303 bits per heavy atom. The van der Waals surface area contributed by atoms with Gasteiger partial charge in [0, 0.05) is 0 Å². The molecule has 0 spiro atoms. The van der Waals surface area contributed by atoms with E-state index in [1.165, 1.54) is 100 Å². The van der Waals surface area contributed by atoms with E-state index < -0.39 is 24.8 Å². The Kier molecular flexibility index (Phi) is 18.6. The number of hydrogen-bond acceptors (Lipinski definition) is 0. The van der Waals surface area contributed by atoms with Crippen molar-refractivity contribution in [1.29, 1.82) is 0 Å². The molecule has 0 unspecified atom stereocenters. The summed E-state index contributed by atoms with van der Waals surface area (Å²) in [6.45, 7) is 38.5. The molecule has 0 atom stereocenters. The van der Waals surface area contributed by atoms with Gasteiger partial charge >= 0.3 is 472 Å². The van der Waals surface area contributed by atoms with Gasteiger partial charge in [0.1, 0.15) is 0 Å². The van der Waals surface area contributed by atoms with Crippen LogP contribution in [0.5, 0.6) is 0 Å². The van der Waals surface area contributed by atoms with Crippen molar-refractivity contribution in [3.63, 3.8) is 0 Å². The maximum atomic E-state index is 2.65. The molecule has 0 aliphatic carbocycles. The van der Waals surface area contributed by atoms with Crippen LogP contribution in [0.4, 0.5) is 0 Å². The second-order valence-corrected chi connectivity index (χ2v) is 37.3. The van der Waals surface area contributed by atoms with Crippen LogP contribution in [0.25, 0.3) is 55.0 Å². The second kappa shape index (κ2) is 24.9. The van der Waals surface area contributed by atoms with Crippen molar-refractivity contribution in [3.8, 4) is 44.5 Å². The topological polar surface area (TPSA) is 0 Å². The summed E-state index contributed by atoms with van der Waals surface area (Å²) in [6, 6.07) is 66.8. The fourth-order valence-electron chi connectivity index (χ4n) is 11.8. The molecule has 8 rings (SSSR count). The molecule has 0 aromatic heterocycles. The molecular weight excluding hydrogens is 1030 g/mol. The SMILES string of the molecule is CC(C)c1cccc(C(C)C)c1-c1cccc(-c2c(C(C)C)cccc2C(C)C)[c]1[Ge]=[Ge](/[C](=C/c1ccccc1)c1ccccc1)[c]1c(-c2c(C(C)C)cccc2C(C)C)cccc1-c1c(C(C)C)cccc1C(C)C. The molecule has 76 heavy (non-hydrogen) atoms. The van der Waals surface area contributed by atoms with Gasteiger partial charge in [0.2, 0.25) is 0 Å². The summed E-state index contributed by atoms with van der Waals surface area (Å²) >= 11 is -3.99. The summed E-state index contributed by atoms with van der Waals surface area (Å²) in [7, 11) is 0. The van der Waals surface area contributed by atoms with Crippen LogP contribution in [-0.2, 0) is 0 Å². The molecule has 389 valence electrons. The van der Waals surface area contributed by atoms with Gasteiger partial charge in [-0.05, 0) is 0 Å². The van der Waals surface area contributed by atoms with Crippen molar-refractivity contribution in [2.45, 2.75) is 158 Å². The van der Waals surface area contributed by atoms with Gasteiger partial charge in [-0.3, -0.25) is 0 Å². The average Bonchev–Trinajstić information content (AvgIpc) is 3.41. The van der Waals surface area contributed by atoms with E-state index in [1.807, 2.05) is 0 Å². The molecule has 8 aromatic carbocycles. The third kappa shape index (κ3) is 11.9. The Hall–Kier alpha value is -5.41. The van der Waals surface area contributed by atoms with Crippen LogP contribution in [-0.4, -0.2) is 24.8 Å². The van der Waals surface area contributed by atoms with Crippen LogP contribution in [0.1, 0.15) is 214 Å². The molecule has 0 aliphatic heterocycles. The molecular formula is C74H85Ge2. The molecule has 0 amide bonds. The first-order valence-corrected chi connectivity index (χ1v) is 38.3. The van der Waals surface area contributed by atoms with Gasteiger partial charge in [0.05, 0.1) is 0 Å². The first kappa shape index (κ1) is 56.8. The van der Waals surface area contributed by atoms with E-state index in [0.717, 1.165) is 0 Å². The summed E-state index contributed by atoms with van der Waals surface area (Å²) in [5.74, 6) is 2.75. The molecule has 0 heterocycles. The van der Waals surface area contributed by atoms with E-state index in [0.29, 0.717) is 47.3 Å². The quantitative estimate of drug-likeness (QED) is 0.0630. The van der Waals surface area contributed by atoms with Crippen molar-refractivity contribution in [2.24, 2.45) is 0 Å². The zero-order valence-electron chi connectivity index (χ0n) is 48.9. The van der Waals surface area contributed by atoms with Gasteiger partial charge in [0.15, 0.2) is 0 Å². The van der Waals surface area contributed by atoms with E-state index in [9.17, 15) is 0 Å². The Morgan fingerprint density at radius 3 is 0.868 bits per heavy atom. The first-order chi connectivity index (χ1) is 36.4. The Balaban J connectivity index is 1.75. The van der Waals surface area contributed by atoms with Crippen LogP contribution in [0.15, 0.2) is 170 Å². The van der Waals surface area contributed by atoms with Crippen molar-refractivity contribution in [1.82, 2.24) is 0 Å². The monoisotopic (exact) mass is 1120 g/mol. The molecule has 0 bridgehead atoms. The van der Waals surface area contributed by atoms with E-state index in [2.05, 4.69) is 287 Å². The number of rotatable bonds is 17. The van der Waals surface area contributed by atoms with Crippen LogP contribution in [0.2, 0.25) is 0 Å². The maximum absolute atomic E-state index is 2.92. The molecule has 8 aromatic rings. The summed E-state index contributed by atoms with van der Waals surface area (Å²) in [5, 5.41) is 0. The minimum absolute atomic E-state index is 0.337. The molecule has 0 saturated heterocycles. The molecule has 1 radical (unpaired) electrons. The second-order valence-electron chi connectivity index (χ2n) is 23.8. The van der Waals surface area contributed by atoms with Crippen molar-refractivity contribution < 1.29 is 0 Å². The van der Waals surface area contributed by atoms with Crippen LogP contribution in [0.3, 0.4) is 0 Å². The van der Waals surface area contributed by atoms with Gasteiger partial charge in [-0.2, -0.15) is 0 Å². The molecule has 0 saturated carbocycles. The first-order valence-electron chi connectivity index (χ1n) is 28.7. The average molecular weight is 1120 g/mol. The molecule has 2 heteroatoms. The molecule has 0 fully saturated rings. The number of benzene rings is 8. The van der Waals surface area contributed by atoms with Gasteiger partial charge in [-0.15, -0.1) is 0 Å². The fourth-order valence-corrected chi connectivity index (χ4v) is 32.3. The Labute approximate surface area is 468 Å². The van der Waals surface area contributed by atoms with Crippen molar-refractivity contribution in [3.05, 3.63) is 225 Å². The summed E-state index contributed by atoms with van der Waals surface area (Å²) in [4.78, 5) is 0. The van der Waals surface area contributed by atoms with Crippen molar-refractivity contribution in [2.75, 3.05) is 0 Å². The van der Waals surface area contributed by atoms with Gasteiger partial charge in [-0.25, -0.2) is 0 Å². The normalized spacial score (nSPS) is 12.5. The van der Waals surface area contributed by atoms with Gasteiger partial charge < -0.3 is 0 Å².